The number of carboxylic acids is 4. The van der Waals surface area contributed by atoms with E-state index in [0.717, 1.165) is 65.4 Å². The molecule has 0 aliphatic carbocycles. The second-order valence-electron chi connectivity index (χ2n) is 13.4. The Labute approximate surface area is 413 Å². The largest absolute Gasteiger partial charge is 2.00 e. The van der Waals surface area contributed by atoms with Gasteiger partial charge in [-0.3, -0.25) is 49.1 Å². The van der Waals surface area contributed by atoms with Crippen LogP contribution in [0.25, 0.3) is 65.4 Å². The number of rotatable bonds is 8. The number of carbonyl (C=O) groups is 4. The Morgan fingerprint density at radius 2 is 0.493 bits per heavy atom. The van der Waals surface area contributed by atoms with Crippen molar-refractivity contribution in [3.63, 3.8) is 0 Å². The molecule has 24 nitrogen and oxygen atoms in total. The molecule has 0 atom stereocenters. The summed E-state index contributed by atoms with van der Waals surface area (Å²) in [5, 5.41) is 68.5. The third-order valence-electron chi connectivity index (χ3n) is 8.60. The van der Waals surface area contributed by atoms with Crippen molar-refractivity contribution in [1.82, 2.24) is 29.9 Å². The Hall–Kier alpha value is -9.06. The van der Waals surface area contributed by atoms with Crippen LogP contribution >= 0.6 is 0 Å². The summed E-state index contributed by atoms with van der Waals surface area (Å²) in [4.78, 5) is 81.7. The number of nitrogens with zero attached hydrogens (tertiary/aromatic N) is 8. The summed E-state index contributed by atoms with van der Waals surface area (Å²) in [6.07, 6.45) is 11.0. The molecule has 9 rings (SSSR count). The van der Waals surface area contributed by atoms with Crippen molar-refractivity contribution in [3.8, 4) is 0 Å². The van der Waals surface area contributed by atoms with E-state index in [1.54, 1.807) is 37.2 Å². The Morgan fingerprint density at radius 3 is 0.620 bits per heavy atom. The molecule has 0 saturated heterocycles. The van der Waals surface area contributed by atoms with Crippen molar-refractivity contribution in [2.75, 3.05) is 0 Å². The van der Waals surface area contributed by atoms with E-state index < -0.39 is 34.1 Å². The van der Waals surface area contributed by atoms with E-state index in [1.165, 1.54) is 0 Å². The topological polar surface area (TPSA) is 422 Å². The summed E-state index contributed by atoms with van der Waals surface area (Å²) in [6, 6.07) is 36.4. The number of benzene rings is 3. The number of hydrogen-bond donors (Lipinski definition) is 4. The molecule has 0 aliphatic rings. The summed E-state index contributed by atoms with van der Waals surface area (Å²) >= 11 is 0. The summed E-state index contributed by atoms with van der Waals surface area (Å²) in [5.41, 5.74) is 5.86. The summed E-state index contributed by atoms with van der Waals surface area (Å²) in [6.45, 7) is 0. The van der Waals surface area contributed by atoms with Gasteiger partial charge in [0.2, 0.25) is 0 Å². The molecule has 0 radical (unpaired) electrons. The number of hydrogen-bond acceptors (Lipinski definition) is 16. The fraction of sp³-hybridized carbons (Fsp3) is 0.130. The number of aliphatic carboxylic acids is 4. The zero-order chi connectivity index (χ0) is 49.8. The van der Waals surface area contributed by atoms with Crippen LogP contribution in [-0.4, -0.2) is 95.3 Å². The van der Waals surface area contributed by atoms with Gasteiger partial charge in [0.15, 0.2) is 0 Å². The van der Waals surface area contributed by atoms with Crippen LogP contribution in [0.1, 0.15) is 38.5 Å². The molecule has 0 spiro atoms. The molecule has 0 amide bonds. The Morgan fingerprint density at radius 1 is 0.352 bits per heavy atom. The van der Waals surface area contributed by atoms with Crippen LogP contribution in [0.2, 0.25) is 0 Å². The fourth-order valence-electron chi connectivity index (χ4n) is 5.82. The van der Waals surface area contributed by atoms with E-state index in [1.807, 2.05) is 36.4 Å². The normalized spacial score (nSPS) is 9.35. The van der Waals surface area contributed by atoms with Crippen LogP contribution in [0.15, 0.2) is 146 Å². The first kappa shape index (κ1) is 61.9. The molecular formula is C46H44N8O16Zn. The molecule has 0 aliphatic heterocycles. The second-order valence-corrected chi connectivity index (χ2v) is 13.4. The number of carboxylic acid groups (broad SMARTS) is 4. The summed E-state index contributed by atoms with van der Waals surface area (Å²) in [7, 11) is 0. The molecular weight excluding hydrogens is 986 g/mol. The van der Waals surface area contributed by atoms with Crippen molar-refractivity contribution >= 4 is 89.3 Å². The quantitative estimate of drug-likeness (QED) is 0.0521. The van der Waals surface area contributed by atoms with Gasteiger partial charge in [0.1, 0.15) is 0 Å². The Kier molecular flexibility index (Phi) is 29.2. The molecule has 0 saturated carbocycles. The maximum Gasteiger partial charge on any atom is 2.00 e. The number of aromatic nitrogens is 6. The summed E-state index contributed by atoms with van der Waals surface area (Å²) < 4.78 is 0. The maximum absolute atomic E-state index is 9.79. The van der Waals surface area contributed by atoms with E-state index in [2.05, 4.69) is 103 Å². The SMILES string of the molecule is O.O.O=C(O)CCCC(=O)O.O=C(O)CCCC(=O)O.O=[N+]([O-])[O-].O=[N+]([O-])[O-].[Zn+2].c1cnc2c(c1)ccc1cccnc12.c1cnc2c(c1)ccc1cccnc12.c1cnc2c(c1)ccc1cccnc12. The van der Waals surface area contributed by atoms with Crippen LogP contribution in [0.5, 0.6) is 0 Å². The van der Waals surface area contributed by atoms with Crippen molar-refractivity contribution in [2.45, 2.75) is 38.5 Å². The Bertz CT molecular complexity index is 2630. The zero-order valence-electron chi connectivity index (χ0n) is 37.3. The molecule has 0 fully saturated rings. The van der Waals surface area contributed by atoms with Gasteiger partial charge in [-0.05, 0) is 49.2 Å². The van der Waals surface area contributed by atoms with Crippen LogP contribution in [0.4, 0.5) is 0 Å². The van der Waals surface area contributed by atoms with Gasteiger partial charge >= 0.3 is 43.4 Å². The molecule has 0 unspecified atom stereocenters. The van der Waals surface area contributed by atoms with Crippen LogP contribution in [0.3, 0.4) is 0 Å². The van der Waals surface area contributed by atoms with Crippen molar-refractivity contribution in [1.29, 1.82) is 0 Å². The van der Waals surface area contributed by atoms with Crippen LogP contribution in [-0.2, 0) is 38.7 Å². The average molecular weight is 1030 g/mol. The van der Waals surface area contributed by atoms with Crippen molar-refractivity contribution in [2.24, 2.45) is 0 Å². The standard InChI is InChI=1S/3C12H8N2.2C5H8O4.2NO3.2H2O.Zn/c3*1-3-9-5-6-10-4-2-8-14-12(10)11(9)13-7-1;2*6-4(7)2-1-3-5(8)9;2*2-1(3)4;;;/h3*1-8H;2*1-3H2,(H,6,7)(H,8,9);;;2*1H2;/q;;;;;2*-1;;;+2. The minimum Gasteiger partial charge on any atom is -0.481 e. The van der Waals surface area contributed by atoms with Gasteiger partial charge < -0.3 is 62.0 Å². The predicted molar refractivity (Wildman–Crippen MR) is 257 cm³/mol. The molecule has 0 bridgehead atoms. The van der Waals surface area contributed by atoms with Crippen molar-refractivity contribution < 1.29 is 80.2 Å². The second kappa shape index (κ2) is 33.4. The monoisotopic (exact) mass is 1030 g/mol. The van der Waals surface area contributed by atoms with Gasteiger partial charge in [0.05, 0.1) is 43.3 Å². The molecule has 3 aromatic carbocycles. The average Bonchev–Trinajstić information content (AvgIpc) is 3.31. The van der Waals surface area contributed by atoms with Crippen molar-refractivity contribution in [3.05, 3.63) is 177 Å². The smallest absolute Gasteiger partial charge is 0.481 e. The molecule has 71 heavy (non-hydrogen) atoms. The van der Waals surface area contributed by atoms with Gasteiger partial charge in [-0.15, -0.1) is 0 Å². The van der Waals surface area contributed by atoms with E-state index >= 15 is 0 Å². The maximum atomic E-state index is 9.79. The molecule has 9 aromatic rings. The van der Waals surface area contributed by atoms with Gasteiger partial charge in [-0.25, -0.2) is 0 Å². The Balaban J connectivity index is 0.000000833. The minimum atomic E-state index is -1.75. The van der Waals surface area contributed by atoms with Gasteiger partial charge in [0, 0.05) is 95.2 Å². The molecule has 6 aromatic heterocycles. The first-order valence-electron chi connectivity index (χ1n) is 19.8. The third-order valence-corrected chi connectivity index (χ3v) is 8.60. The molecule has 8 N–H and O–H groups in total. The minimum absolute atomic E-state index is 0. The number of fused-ring (bicyclic) bond motifs is 9. The molecule has 366 valence electrons. The van der Waals surface area contributed by atoms with Crippen LogP contribution in [0, 0.1) is 30.6 Å². The zero-order valence-corrected chi connectivity index (χ0v) is 40.2. The molecule has 6 heterocycles. The first-order valence-corrected chi connectivity index (χ1v) is 19.8. The van der Waals surface area contributed by atoms with Gasteiger partial charge in [0.25, 0.3) is 0 Å². The van der Waals surface area contributed by atoms with E-state index in [4.69, 9.17) is 51.1 Å². The molecule has 25 heteroatoms. The number of pyridine rings is 6. The summed E-state index contributed by atoms with van der Waals surface area (Å²) in [5.74, 6) is -3.79. The van der Waals surface area contributed by atoms with E-state index in [9.17, 15) is 19.2 Å². The predicted octanol–water partition coefficient (Wildman–Crippen LogP) is 6.87. The fourth-order valence-corrected chi connectivity index (χ4v) is 5.82. The van der Waals surface area contributed by atoms with E-state index in [-0.39, 0.29) is 69.0 Å². The van der Waals surface area contributed by atoms with E-state index in [0.29, 0.717) is 0 Å². The van der Waals surface area contributed by atoms with Gasteiger partial charge in [-0.2, -0.15) is 0 Å². The third kappa shape index (κ3) is 23.0. The van der Waals surface area contributed by atoms with Gasteiger partial charge in [-0.1, -0.05) is 72.8 Å². The first-order chi connectivity index (χ1) is 32.6. The van der Waals surface area contributed by atoms with Crippen LogP contribution < -0.4 is 0 Å².